The summed E-state index contributed by atoms with van der Waals surface area (Å²) in [5.41, 5.74) is 6.57. The van der Waals surface area contributed by atoms with Crippen molar-refractivity contribution in [2.24, 2.45) is 5.73 Å². The number of hydrogen-bond acceptors (Lipinski definition) is 3. The van der Waals surface area contributed by atoms with Crippen LogP contribution in [0.25, 0.3) is 0 Å². The van der Waals surface area contributed by atoms with Crippen molar-refractivity contribution in [3.8, 4) is 0 Å². The van der Waals surface area contributed by atoms with E-state index < -0.39 is 0 Å². The summed E-state index contributed by atoms with van der Waals surface area (Å²) < 4.78 is 0. The van der Waals surface area contributed by atoms with Crippen molar-refractivity contribution in [3.63, 3.8) is 0 Å². The molecule has 0 bridgehead atoms. The van der Waals surface area contributed by atoms with Gasteiger partial charge in [-0.25, -0.2) is 0 Å². The third kappa shape index (κ3) is 3.46. The van der Waals surface area contributed by atoms with Gasteiger partial charge < -0.3 is 11.1 Å². The molecule has 1 aromatic rings. The Morgan fingerprint density at radius 1 is 1.50 bits per heavy atom. The molecule has 1 rings (SSSR count). The lowest BCUT2D eigenvalue weighted by Crippen LogP contribution is -2.17. The smallest absolute Gasteiger partial charge is 0.0312 e. The maximum atomic E-state index is 5.36. The van der Waals surface area contributed by atoms with Crippen LogP contribution < -0.4 is 11.1 Å². The van der Waals surface area contributed by atoms with Crippen LogP contribution in [0.4, 0.5) is 0 Å². The first-order chi connectivity index (χ1) is 5.93. The second-order valence-corrected chi connectivity index (χ2v) is 2.68. The van der Waals surface area contributed by atoms with Gasteiger partial charge >= 0.3 is 0 Å². The molecule has 0 saturated heterocycles. The Labute approximate surface area is 73.0 Å². The number of nitrogens with zero attached hydrogens (tertiary/aromatic N) is 1. The molecule has 0 fully saturated rings. The van der Waals surface area contributed by atoms with Gasteiger partial charge in [-0.3, -0.25) is 4.98 Å². The summed E-state index contributed by atoms with van der Waals surface area (Å²) in [7, 11) is 0. The first-order valence-corrected chi connectivity index (χ1v) is 4.23. The molecule has 0 unspecified atom stereocenters. The second-order valence-electron chi connectivity index (χ2n) is 2.68. The minimum absolute atomic E-state index is 0.750. The predicted molar refractivity (Wildman–Crippen MR) is 49.6 cm³/mol. The van der Waals surface area contributed by atoms with E-state index in [9.17, 15) is 0 Å². The number of pyridine rings is 1. The lowest BCUT2D eigenvalue weighted by molar-refractivity contribution is 0.654. The molecule has 0 amide bonds. The Balaban J connectivity index is 2.16. The fourth-order valence-corrected chi connectivity index (χ4v) is 0.962. The van der Waals surface area contributed by atoms with Crippen LogP contribution in [0, 0.1) is 0 Å². The first kappa shape index (κ1) is 9.16. The van der Waals surface area contributed by atoms with Crippen LogP contribution in [0.3, 0.4) is 0 Å². The van der Waals surface area contributed by atoms with E-state index in [1.54, 1.807) is 6.20 Å². The average Bonchev–Trinajstić information content (AvgIpc) is 2.14. The Bertz CT molecular complexity index is 198. The average molecular weight is 165 g/mol. The summed E-state index contributed by atoms with van der Waals surface area (Å²) in [6.07, 6.45) is 4.68. The van der Waals surface area contributed by atoms with Gasteiger partial charge in [0.25, 0.3) is 0 Å². The molecule has 12 heavy (non-hydrogen) atoms. The number of hydrogen-bond donors (Lipinski definition) is 2. The molecular weight excluding hydrogens is 150 g/mol. The normalized spacial score (nSPS) is 10.1. The van der Waals surface area contributed by atoms with Crippen molar-refractivity contribution >= 4 is 0 Å². The molecule has 66 valence electrons. The van der Waals surface area contributed by atoms with E-state index in [0.717, 1.165) is 26.1 Å². The molecule has 3 nitrogen and oxygen atoms in total. The molecule has 1 aromatic heterocycles. The molecule has 3 heteroatoms. The predicted octanol–water partition coefficient (Wildman–Crippen LogP) is 0.520. The molecule has 1 heterocycles. The van der Waals surface area contributed by atoms with Crippen LogP contribution in [0.2, 0.25) is 0 Å². The molecule has 0 saturated carbocycles. The van der Waals surface area contributed by atoms with E-state index in [-0.39, 0.29) is 0 Å². The molecule has 0 atom stereocenters. The van der Waals surface area contributed by atoms with Crippen LogP contribution in [0.15, 0.2) is 24.5 Å². The molecule has 0 aliphatic rings. The summed E-state index contributed by atoms with van der Waals surface area (Å²) >= 11 is 0. The molecule has 0 radical (unpaired) electrons. The van der Waals surface area contributed by atoms with Gasteiger partial charge in [-0.2, -0.15) is 0 Å². The highest BCUT2D eigenvalue weighted by atomic mass is 14.9. The van der Waals surface area contributed by atoms with Crippen molar-refractivity contribution in [2.75, 3.05) is 13.1 Å². The number of nitrogens with two attached hydrogens (primary N) is 1. The molecular formula is C9H15N3. The number of rotatable bonds is 5. The summed E-state index contributed by atoms with van der Waals surface area (Å²) in [4.78, 5) is 4.02. The Hall–Kier alpha value is -0.930. The number of nitrogens with one attached hydrogen (secondary N) is 1. The summed E-state index contributed by atoms with van der Waals surface area (Å²) in [6, 6.07) is 4.00. The second kappa shape index (κ2) is 5.69. The van der Waals surface area contributed by atoms with Gasteiger partial charge in [0.15, 0.2) is 0 Å². The summed E-state index contributed by atoms with van der Waals surface area (Å²) in [6.45, 7) is 2.61. The lowest BCUT2D eigenvalue weighted by atomic mass is 10.3. The third-order valence-corrected chi connectivity index (χ3v) is 1.61. The Morgan fingerprint density at radius 3 is 3.08 bits per heavy atom. The van der Waals surface area contributed by atoms with E-state index in [1.807, 2.05) is 12.3 Å². The Kier molecular flexibility index (Phi) is 4.34. The zero-order valence-electron chi connectivity index (χ0n) is 7.16. The molecule has 0 aliphatic carbocycles. The van der Waals surface area contributed by atoms with Crippen molar-refractivity contribution in [3.05, 3.63) is 30.1 Å². The SMILES string of the molecule is NCCCNCc1cccnc1. The standard InChI is InChI=1S/C9H15N3/c10-4-2-6-12-8-9-3-1-5-11-7-9/h1,3,5,7,12H,2,4,6,8,10H2. The van der Waals surface area contributed by atoms with Gasteiger partial charge in [0.2, 0.25) is 0 Å². The van der Waals surface area contributed by atoms with Gasteiger partial charge in [0, 0.05) is 18.9 Å². The number of aromatic nitrogens is 1. The van der Waals surface area contributed by atoms with Gasteiger partial charge in [-0.05, 0) is 31.1 Å². The van der Waals surface area contributed by atoms with Crippen LogP contribution in [0.1, 0.15) is 12.0 Å². The summed E-state index contributed by atoms with van der Waals surface area (Å²) in [5, 5.41) is 3.28. The van der Waals surface area contributed by atoms with E-state index in [0.29, 0.717) is 0 Å². The topological polar surface area (TPSA) is 50.9 Å². The van der Waals surface area contributed by atoms with Crippen LogP contribution in [0.5, 0.6) is 0 Å². The van der Waals surface area contributed by atoms with Crippen molar-refractivity contribution < 1.29 is 0 Å². The lowest BCUT2D eigenvalue weighted by Gasteiger charge is -2.02. The maximum Gasteiger partial charge on any atom is 0.0312 e. The van der Waals surface area contributed by atoms with E-state index in [1.165, 1.54) is 5.56 Å². The highest BCUT2D eigenvalue weighted by Gasteiger charge is 1.89. The maximum absolute atomic E-state index is 5.36. The minimum Gasteiger partial charge on any atom is -0.330 e. The molecule has 0 spiro atoms. The zero-order valence-corrected chi connectivity index (χ0v) is 7.16. The molecule has 0 aliphatic heterocycles. The van der Waals surface area contributed by atoms with Crippen molar-refractivity contribution in [1.82, 2.24) is 10.3 Å². The fourth-order valence-electron chi connectivity index (χ4n) is 0.962. The van der Waals surface area contributed by atoms with Gasteiger partial charge in [0.1, 0.15) is 0 Å². The van der Waals surface area contributed by atoms with Crippen molar-refractivity contribution in [2.45, 2.75) is 13.0 Å². The zero-order chi connectivity index (χ0) is 8.65. The van der Waals surface area contributed by atoms with Crippen LogP contribution in [-0.2, 0) is 6.54 Å². The monoisotopic (exact) mass is 165 g/mol. The van der Waals surface area contributed by atoms with Crippen LogP contribution >= 0.6 is 0 Å². The Morgan fingerprint density at radius 2 is 2.42 bits per heavy atom. The molecule has 3 N–H and O–H groups in total. The van der Waals surface area contributed by atoms with Gasteiger partial charge in [-0.15, -0.1) is 0 Å². The fraction of sp³-hybridized carbons (Fsp3) is 0.444. The summed E-state index contributed by atoms with van der Waals surface area (Å²) in [5.74, 6) is 0. The molecule has 0 aromatic carbocycles. The van der Waals surface area contributed by atoms with Gasteiger partial charge in [-0.1, -0.05) is 6.07 Å². The third-order valence-electron chi connectivity index (χ3n) is 1.61. The van der Waals surface area contributed by atoms with Crippen LogP contribution in [-0.4, -0.2) is 18.1 Å². The van der Waals surface area contributed by atoms with E-state index in [2.05, 4.69) is 16.4 Å². The quantitative estimate of drug-likeness (QED) is 0.625. The highest BCUT2D eigenvalue weighted by Crippen LogP contribution is 1.93. The van der Waals surface area contributed by atoms with E-state index in [4.69, 9.17) is 5.73 Å². The van der Waals surface area contributed by atoms with Crippen molar-refractivity contribution in [1.29, 1.82) is 0 Å². The highest BCUT2D eigenvalue weighted by molar-refractivity contribution is 5.07. The largest absolute Gasteiger partial charge is 0.330 e. The van der Waals surface area contributed by atoms with Gasteiger partial charge in [0.05, 0.1) is 0 Å². The minimum atomic E-state index is 0.750. The first-order valence-electron chi connectivity index (χ1n) is 4.23. The van der Waals surface area contributed by atoms with E-state index >= 15 is 0 Å².